The average Bonchev–Trinajstić information content (AvgIpc) is 2.40. The van der Waals surface area contributed by atoms with E-state index in [9.17, 15) is 18.3 Å². The fourth-order valence-electron chi connectivity index (χ4n) is 1.73. The van der Waals surface area contributed by atoms with Crippen LogP contribution in [0.3, 0.4) is 0 Å². The van der Waals surface area contributed by atoms with Gasteiger partial charge in [0.2, 0.25) is 0 Å². The van der Waals surface area contributed by atoms with Gasteiger partial charge in [0.05, 0.1) is 5.02 Å². The monoisotopic (exact) mass is 324 g/mol. The molecule has 0 heterocycles. The summed E-state index contributed by atoms with van der Waals surface area (Å²) in [5.74, 6) is -1.20. The van der Waals surface area contributed by atoms with Crippen molar-refractivity contribution in [2.45, 2.75) is 11.3 Å². The third-order valence-electron chi connectivity index (χ3n) is 2.68. The first-order valence-electron chi connectivity index (χ1n) is 5.94. The highest BCUT2D eigenvalue weighted by molar-refractivity contribution is 7.92. The van der Waals surface area contributed by atoms with Crippen LogP contribution in [0.1, 0.15) is 5.56 Å². The summed E-state index contributed by atoms with van der Waals surface area (Å²) in [6.07, 6.45) is -0.225. The van der Waals surface area contributed by atoms with Crippen LogP contribution in [-0.2, 0) is 21.2 Å². The van der Waals surface area contributed by atoms with Gasteiger partial charge in [-0.2, -0.15) is 0 Å². The smallest absolute Gasteiger partial charge is 0.263 e. The number of carbonyl (C=O) groups is 1. The molecule has 1 N–H and O–H groups in total. The van der Waals surface area contributed by atoms with Crippen LogP contribution in [0.5, 0.6) is 0 Å². The average molecular weight is 325 g/mol. The number of sulfonamides is 1. The Labute approximate surface area is 127 Å². The lowest BCUT2D eigenvalue weighted by atomic mass is 10.1. The number of carboxylic acid groups (broad SMARTS) is 1. The van der Waals surface area contributed by atoms with Crippen molar-refractivity contribution in [2.24, 2.45) is 0 Å². The van der Waals surface area contributed by atoms with Crippen LogP contribution in [0.2, 0.25) is 5.02 Å². The van der Waals surface area contributed by atoms with E-state index in [1.54, 1.807) is 12.1 Å². The highest BCUT2D eigenvalue weighted by atomic mass is 35.5. The molecule has 0 spiro atoms. The van der Waals surface area contributed by atoms with Gasteiger partial charge in [-0.3, -0.25) is 4.72 Å². The molecule has 2 aromatic carbocycles. The first kappa shape index (κ1) is 15.3. The van der Waals surface area contributed by atoms with Crippen LogP contribution in [0.4, 0.5) is 5.69 Å². The second-order valence-electron chi connectivity index (χ2n) is 4.28. The Morgan fingerprint density at radius 1 is 1.10 bits per heavy atom. The molecule has 0 bridgehead atoms. The van der Waals surface area contributed by atoms with Gasteiger partial charge in [-0.05, 0) is 29.8 Å². The molecule has 0 atom stereocenters. The van der Waals surface area contributed by atoms with Crippen molar-refractivity contribution in [1.82, 2.24) is 0 Å². The van der Waals surface area contributed by atoms with E-state index >= 15 is 0 Å². The number of benzene rings is 2. The van der Waals surface area contributed by atoms with Crippen molar-refractivity contribution in [2.75, 3.05) is 4.72 Å². The zero-order valence-electron chi connectivity index (χ0n) is 10.7. The summed E-state index contributed by atoms with van der Waals surface area (Å²) in [7, 11) is -3.79. The van der Waals surface area contributed by atoms with Crippen LogP contribution >= 0.6 is 11.6 Å². The topological polar surface area (TPSA) is 86.3 Å². The van der Waals surface area contributed by atoms with Gasteiger partial charge in [0, 0.05) is 18.1 Å². The number of nitrogens with one attached hydrogen (secondary N) is 1. The number of carboxylic acids is 1. The van der Waals surface area contributed by atoms with Crippen LogP contribution in [-0.4, -0.2) is 14.4 Å². The normalized spacial score (nSPS) is 11.1. The molecule has 0 unspecified atom stereocenters. The van der Waals surface area contributed by atoms with Crippen molar-refractivity contribution in [1.29, 1.82) is 0 Å². The molecular weight excluding hydrogens is 314 g/mol. The number of aliphatic carboxylic acids is 1. The van der Waals surface area contributed by atoms with E-state index < -0.39 is 16.0 Å². The van der Waals surface area contributed by atoms with Gasteiger partial charge < -0.3 is 9.90 Å². The second kappa shape index (κ2) is 6.15. The predicted molar refractivity (Wildman–Crippen MR) is 77.4 cm³/mol. The van der Waals surface area contributed by atoms with Gasteiger partial charge in [-0.1, -0.05) is 35.9 Å². The van der Waals surface area contributed by atoms with Crippen molar-refractivity contribution in [3.05, 3.63) is 59.1 Å². The van der Waals surface area contributed by atoms with Gasteiger partial charge in [0.1, 0.15) is 4.90 Å². The molecule has 0 radical (unpaired) electrons. The molecule has 0 aromatic heterocycles. The number of hydrogen-bond donors (Lipinski definition) is 1. The Morgan fingerprint density at radius 3 is 2.29 bits per heavy atom. The number of rotatable bonds is 5. The predicted octanol–water partition coefficient (Wildman–Crippen LogP) is 1.43. The molecule has 0 saturated heterocycles. The summed E-state index contributed by atoms with van der Waals surface area (Å²) in [6.45, 7) is 0. The molecule has 2 aromatic rings. The van der Waals surface area contributed by atoms with E-state index in [0.29, 0.717) is 11.3 Å². The summed E-state index contributed by atoms with van der Waals surface area (Å²) in [6, 6.07) is 12.1. The Bertz CT molecular complexity index is 757. The highest BCUT2D eigenvalue weighted by Crippen LogP contribution is 2.23. The molecule has 0 aliphatic heterocycles. The first-order valence-corrected chi connectivity index (χ1v) is 7.81. The minimum absolute atomic E-state index is 0.0227. The highest BCUT2D eigenvalue weighted by Gasteiger charge is 2.17. The van der Waals surface area contributed by atoms with Crippen molar-refractivity contribution in [3.63, 3.8) is 0 Å². The molecule has 0 aliphatic carbocycles. The molecule has 0 saturated carbocycles. The fourth-order valence-corrected chi connectivity index (χ4v) is 3.31. The summed E-state index contributed by atoms with van der Waals surface area (Å²) < 4.78 is 26.8. The molecule has 21 heavy (non-hydrogen) atoms. The van der Waals surface area contributed by atoms with Crippen LogP contribution in [0, 0.1) is 0 Å². The van der Waals surface area contributed by atoms with E-state index in [1.807, 2.05) is 0 Å². The summed E-state index contributed by atoms with van der Waals surface area (Å²) in [4.78, 5) is 10.4. The fraction of sp³-hybridized carbons (Fsp3) is 0.0714. The quantitative estimate of drug-likeness (QED) is 0.901. The Morgan fingerprint density at radius 2 is 1.71 bits per heavy atom. The van der Waals surface area contributed by atoms with Gasteiger partial charge in [0.15, 0.2) is 0 Å². The van der Waals surface area contributed by atoms with Crippen molar-refractivity contribution >= 4 is 33.3 Å². The molecular formula is C14H11ClNO4S-. The molecule has 0 amide bonds. The van der Waals surface area contributed by atoms with Gasteiger partial charge >= 0.3 is 0 Å². The standard InChI is InChI=1S/C14H12ClNO4S/c15-12-3-1-2-4-13(12)21(19,20)16-11-7-5-10(6-8-11)9-14(17)18/h1-8,16H,9H2,(H,17,18)/p-1. The maximum absolute atomic E-state index is 12.2. The lowest BCUT2D eigenvalue weighted by molar-refractivity contribution is -0.304. The van der Waals surface area contributed by atoms with Crippen molar-refractivity contribution < 1.29 is 18.3 Å². The second-order valence-corrected chi connectivity index (χ2v) is 6.34. The SMILES string of the molecule is O=C([O-])Cc1ccc(NS(=O)(=O)c2ccccc2Cl)cc1. The van der Waals surface area contributed by atoms with Crippen LogP contribution in [0.25, 0.3) is 0 Å². The lowest BCUT2D eigenvalue weighted by Crippen LogP contribution is -2.24. The Balaban J connectivity index is 2.21. The van der Waals surface area contributed by atoms with Crippen molar-refractivity contribution in [3.8, 4) is 0 Å². The maximum atomic E-state index is 12.2. The summed E-state index contributed by atoms with van der Waals surface area (Å²) in [5.41, 5.74) is 0.840. The number of carbonyl (C=O) groups excluding carboxylic acids is 1. The van der Waals surface area contributed by atoms with E-state index in [4.69, 9.17) is 11.6 Å². The lowest BCUT2D eigenvalue weighted by Gasteiger charge is -2.10. The zero-order valence-corrected chi connectivity index (χ0v) is 12.3. The summed E-state index contributed by atoms with van der Waals surface area (Å²) in [5, 5.41) is 10.6. The van der Waals surface area contributed by atoms with Gasteiger partial charge in [-0.15, -0.1) is 0 Å². The van der Waals surface area contributed by atoms with Crippen LogP contribution < -0.4 is 9.83 Å². The molecule has 0 fully saturated rings. The third kappa shape index (κ3) is 3.96. The zero-order chi connectivity index (χ0) is 15.5. The van der Waals surface area contributed by atoms with E-state index in [0.717, 1.165) is 0 Å². The summed E-state index contributed by atoms with van der Waals surface area (Å²) >= 11 is 5.87. The molecule has 2 rings (SSSR count). The number of halogens is 1. The van der Waals surface area contributed by atoms with Gasteiger partial charge in [-0.25, -0.2) is 8.42 Å². The first-order chi connectivity index (χ1) is 9.88. The van der Waals surface area contributed by atoms with E-state index in [2.05, 4.69) is 4.72 Å². The molecule has 110 valence electrons. The van der Waals surface area contributed by atoms with Gasteiger partial charge in [0.25, 0.3) is 10.0 Å². The largest absolute Gasteiger partial charge is 0.550 e. The minimum atomic E-state index is -3.79. The third-order valence-corrected chi connectivity index (χ3v) is 4.56. The minimum Gasteiger partial charge on any atom is -0.550 e. The van der Waals surface area contributed by atoms with E-state index in [1.165, 1.54) is 36.4 Å². The Hall–Kier alpha value is -2.05. The Kier molecular flexibility index (Phi) is 4.50. The number of anilines is 1. The molecule has 7 heteroatoms. The number of hydrogen-bond acceptors (Lipinski definition) is 4. The van der Waals surface area contributed by atoms with Crippen LogP contribution in [0.15, 0.2) is 53.4 Å². The maximum Gasteiger partial charge on any atom is 0.263 e. The van der Waals surface area contributed by atoms with E-state index in [-0.39, 0.29) is 16.3 Å². The molecule has 0 aliphatic rings. The molecule has 5 nitrogen and oxygen atoms in total.